The maximum atomic E-state index is 13.2. The number of carbonyl (C=O) groups excluding carboxylic acids is 1. The van der Waals surface area contributed by atoms with E-state index in [9.17, 15) is 4.79 Å². The highest BCUT2D eigenvalue weighted by Gasteiger charge is 2.28. The first-order chi connectivity index (χ1) is 14.0. The molecule has 0 aliphatic rings. The van der Waals surface area contributed by atoms with Crippen LogP contribution in [0.2, 0.25) is 0 Å². The molecule has 3 aromatic rings. The van der Waals surface area contributed by atoms with E-state index in [2.05, 4.69) is 24.9 Å². The zero-order chi connectivity index (χ0) is 20.8. The highest BCUT2D eigenvalue weighted by Crippen LogP contribution is 2.27. The molecule has 1 heterocycles. The minimum absolute atomic E-state index is 0.0977. The number of likely N-dealkylation sites (N-methyl/N-ethyl adjacent to an activating group) is 1. The Morgan fingerprint density at radius 3 is 2.24 bits per heavy atom. The van der Waals surface area contributed by atoms with E-state index >= 15 is 0 Å². The van der Waals surface area contributed by atoms with Gasteiger partial charge in [0.15, 0.2) is 6.10 Å². The number of nitrogens with zero attached hydrogens (tertiary/aromatic N) is 2. The van der Waals surface area contributed by atoms with Crippen LogP contribution in [0.4, 0.5) is 0 Å². The highest BCUT2D eigenvalue weighted by atomic mass is 16.5. The third-order valence-electron chi connectivity index (χ3n) is 5.00. The first-order valence-electron chi connectivity index (χ1n) is 9.96. The van der Waals surface area contributed by atoms with Crippen LogP contribution in [0, 0.1) is 0 Å². The molecule has 1 aromatic heterocycles. The number of hydrogen-bond donors (Lipinski definition) is 0. The normalized spacial score (nSPS) is 13.0. The van der Waals surface area contributed by atoms with Gasteiger partial charge in [0, 0.05) is 13.2 Å². The SMILES string of the molecule is CC(Oc1cccc(C(C)C)c1)C(=O)N(C)C(c1ccccc1)c1ccccn1. The van der Waals surface area contributed by atoms with E-state index in [1.807, 2.05) is 66.7 Å². The molecule has 0 radical (unpaired) electrons. The van der Waals surface area contributed by atoms with Crippen LogP contribution < -0.4 is 4.74 Å². The maximum Gasteiger partial charge on any atom is 0.263 e. The van der Waals surface area contributed by atoms with Gasteiger partial charge in [-0.2, -0.15) is 0 Å². The molecule has 0 aliphatic carbocycles. The van der Waals surface area contributed by atoms with Crippen LogP contribution in [0.5, 0.6) is 5.75 Å². The molecule has 4 heteroatoms. The lowest BCUT2D eigenvalue weighted by Crippen LogP contribution is -2.40. The molecule has 2 aromatic carbocycles. The van der Waals surface area contributed by atoms with Crippen LogP contribution >= 0.6 is 0 Å². The third kappa shape index (κ3) is 5.02. The van der Waals surface area contributed by atoms with Crippen molar-refractivity contribution in [2.24, 2.45) is 0 Å². The summed E-state index contributed by atoms with van der Waals surface area (Å²) >= 11 is 0. The largest absolute Gasteiger partial charge is 0.481 e. The fourth-order valence-electron chi connectivity index (χ4n) is 3.38. The van der Waals surface area contributed by atoms with Crippen LogP contribution in [0.1, 0.15) is 49.6 Å². The van der Waals surface area contributed by atoms with E-state index in [1.54, 1.807) is 25.1 Å². The Balaban J connectivity index is 1.83. The average molecular weight is 389 g/mol. The summed E-state index contributed by atoms with van der Waals surface area (Å²) in [5.74, 6) is 1.01. The number of hydrogen-bond acceptors (Lipinski definition) is 3. The lowest BCUT2D eigenvalue weighted by Gasteiger charge is -2.30. The van der Waals surface area contributed by atoms with E-state index in [0.29, 0.717) is 11.7 Å². The zero-order valence-corrected chi connectivity index (χ0v) is 17.4. The molecular formula is C25H28N2O2. The molecule has 0 spiro atoms. The lowest BCUT2D eigenvalue weighted by molar-refractivity contribution is -0.138. The molecule has 2 atom stereocenters. The maximum absolute atomic E-state index is 13.2. The Morgan fingerprint density at radius 1 is 0.897 bits per heavy atom. The molecule has 4 nitrogen and oxygen atoms in total. The van der Waals surface area contributed by atoms with Crippen molar-refractivity contribution in [1.82, 2.24) is 9.88 Å². The number of pyridine rings is 1. The summed E-state index contributed by atoms with van der Waals surface area (Å²) in [4.78, 5) is 19.4. The van der Waals surface area contributed by atoms with Gasteiger partial charge in [0.2, 0.25) is 0 Å². The minimum atomic E-state index is -0.614. The van der Waals surface area contributed by atoms with Gasteiger partial charge in [-0.25, -0.2) is 0 Å². The quantitative estimate of drug-likeness (QED) is 0.557. The lowest BCUT2D eigenvalue weighted by atomic mass is 10.0. The molecular weight excluding hydrogens is 360 g/mol. The zero-order valence-electron chi connectivity index (χ0n) is 17.4. The average Bonchev–Trinajstić information content (AvgIpc) is 2.75. The minimum Gasteiger partial charge on any atom is -0.481 e. The number of rotatable bonds is 7. The van der Waals surface area contributed by atoms with E-state index in [0.717, 1.165) is 11.3 Å². The monoisotopic (exact) mass is 388 g/mol. The predicted molar refractivity (Wildman–Crippen MR) is 116 cm³/mol. The predicted octanol–water partition coefficient (Wildman–Crippen LogP) is 5.22. The van der Waals surface area contributed by atoms with Gasteiger partial charge in [0.05, 0.1) is 11.7 Å². The summed E-state index contributed by atoms with van der Waals surface area (Å²) in [7, 11) is 1.80. The van der Waals surface area contributed by atoms with Crippen molar-refractivity contribution in [1.29, 1.82) is 0 Å². The Labute approximate surface area is 173 Å². The topological polar surface area (TPSA) is 42.4 Å². The molecule has 3 rings (SSSR count). The number of carbonyl (C=O) groups is 1. The summed E-state index contributed by atoms with van der Waals surface area (Å²) in [6.07, 6.45) is 1.14. The Bertz CT molecular complexity index is 886. The van der Waals surface area contributed by atoms with E-state index in [-0.39, 0.29) is 11.9 Å². The van der Waals surface area contributed by atoms with Gasteiger partial charge >= 0.3 is 0 Å². The van der Waals surface area contributed by atoms with Crippen molar-refractivity contribution >= 4 is 5.91 Å². The van der Waals surface area contributed by atoms with Crippen LogP contribution in [-0.4, -0.2) is 28.9 Å². The Hall–Kier alpha value is -3.14. The first-order valence-corrected chi connectivity index (χ1v) is 9.96. The molecule has 150 valence electrons. The van der Waals surface area contributed by atoms with Gasteiger partial charge < -0.3 is 9.64 Å². The summed E-state index contributed by atoms with van der Waals surface area (Å²) in [5.41, 5.74) is 3.02. The first kappa shape index (κ1) is 20.6. The molecule has 0 bridgehead atoms. The van der Waals surface area contributed by atoms with Gasteiger partial charge in [0.1, 0.15) is 5.75 Å². The van der Waals surface area contributed by atoms with E-state index < -0.39 is 6.10 Å². The Kier molecular flexibility index (Phi) is 6.65. The summed E-state index contributed by atoms with van der Waals surface area (Å²) in [6.45, 7) is 6.07. The fraction of sp³-hybridized carbons (Fsp3) is 0.280. The van der Waals surface area contributed by atoms with Gasteiger partial charge in [-0.05, 0) is 48.2 Å². The molecule has 1 amide bonds. The van der Waals surface area contributed by atoms with Gasteiger partial charge in [-0.3, -0.25) is 9.78 Å². The Morgan fingerprint density at radius 2 is 1.59 bits per heavy atom. The van der Waals surface area contributed by atoms with Crippen molar-refractivity contribution in [3.63, 3.8) is 0 Å². The molecule has 0 fully saturated rings. The van der Waals surface area contributed by atoms with Crippen molar-refractivity contribution < 1.29 is 9.53 Å². The van der Waals surface area contributed by atoms with Gasteiger partial charge in [-0.15, -0.1) is 0 Å². The van der Waals surface area contributed by atoms with Crippen molar-refractivity contribution in [2.45, 2.75) is 38.8 Å². The highest BCUT2D eigenvalue weighted by molar-refractivity contribution is 5.81. The second-order valence-corrected chi connectivity index (χ2v) is 7.50. The molecule has 29 heavy (non-hydrogen) atoms. The molecule has 2 unspecified atom stereocenters. The van der Waals surface area contributed by atoms with E-state index in [1.165, 1.54) is 5.56 Å². The summed E-state index contributed by atoms with van der Waals surface area (Å²) in [5, 5.41) is 0. The molecule has 0 N–H and O–H groups in total. The summed E-state index contributed by atoms with van der Waals surface area (Å²) in [6, 6.07) is 23.4. The van der Waals surface area contributed by atoms with Crippen molar-refractivity contribution in [3.05, 3.63) is 95.8 Å². The second kappa shape index (κ2) is 9.37. The van der Waals surface area contributed by atoms with Gasteiger partial charge in [0.25, 0.3) is 5.91 Å². The van der Waals surface area contributed by atoms with Gasteiger partial charge in [-0.1, -0.05) is 62.4 Å². The van der Waals surface area contributed by atoms with Crippen LogP contribution in [0.25, 0.3) is 0 Å². The second-order valence-electron chi connectivity index (χ2n) is 7.50. The number of aromatic nitrogens is 1. The number of ether oxygens (including phenoxy) is 1. The smallest absolute Gasteiger partial charge is 0.263 e. The molecule has 0 saturated carbocycles. The van der Waals surface area contributed by atoms with Crippen LogP contribution in [0.3, 0.4) is 0 Å². The molecule has 0 aliphatic heterocycles. The fourth-order valence-corrected chi connectivity index (χ4v) is 3.38. The number of benzene rings is 2. The van der Waals surface area contributed by atoms with Crippen LogP contribution in [-0.2, 0) is 4.79 Å². The third-order valence-corrected chi connectivity index (χ3v) is 5.00. The summed E-state index contributed by atoms with van der Waals surface area (Å²) < 4.78 is 6.00. The standard InChI is InChI=1S/C25H28N2O2/c1-18(2)21-13-10-14-22(17-21)29-19(3)25(28)27(4)24(20-11-6-5-7-12-20)23-15-8-9-16-26-23/h5-19,24H,1-4H3. The van der Waals surface area contributed by atoms with E-state index in [4.69, 9.17) is 4.74 Å². The van der Waals surface area contributed by atoms with Crippen LogP contribution in [0.15, 0.2) is 79.0 Å². The molecule has 0 saturated heterocycles. The number of amides is 1. The van der Waals surface area contributed by atoms with Crippen molar-refractivity contribution in [2.75, 3.05) is 7.05 Å². The van der Waals surface area contributed by atoms with Crippen molar-refractivity contribution in [3.8, 4) is 5.75 Å².